The van der Waals surface area contributed by atoms with Crippen molar-refractivity contribution in [3.63, 3.8) is 0 Å². The van der Waals surface area contributed by atoms with Crippen LogP contribution in [0, 0.1) is 17.0 Å². The highest BCUT2D eigenvalue weighted by Gasteiger charge is 2.24. The molecule has 3 amide bonds. The fraction of sp³-hybridized carbons (Fsp3) is 0.458. The molecular weight excluding hydrogens is 438 g/mol. The maximum atomic E-state index is 12.5. The van der Waals surface area contributed by atoms with Crippen LogP contribution in [0.2, 0.25) is 0 Å². The highest BCUT2D eigenvalue weighted by molar-refractivity contribution is 5.89. The first-order valence-electron chi connectivity index (χ1n) is 11.2. The van der Waals surface area contributed by atoms with Gasteiger partial charge in [-0.15, -0.1) is 0 Å². The second-order valence-corrected chi connectivity index (χ2v) is 9.54. The predicted octanol–water partition coefficient (Wildman–Crippen LogP) is 4.56. The molecule has 2 aromatic rings. The van der Waals surface area contributed by atoms with E-state index in [1.54, 1.807) is 32.2 Å². The smallest absolute Gasteiger partial charge is 0.407 e. The van der Waals surface area contributed by atoms with Crippen LogP contribution in [0.25, 0.3) is 0 Å². The SMILES string of the molecule is Cc1ccc(C(C)NC(=O)Nc2cnc3c(c2)CC(NC(=O)OC(C)(C)C)CC3)cc1[N+](=O)[O-]. The fourth-order valence-electron chi connectivity index (χ4n) is 3.82. The van der Waals surface area contributed by atoms with Gasteiger partial charge in [0, 0.05) is 23.4 Å². The number of anilines is 1. The van der Waals surface area contributed by atoms with E-state index in [1.807, 2.05) is 26.8 Å². The topological polar surface area (TPSA) is 135 Å². The molecule has 0 saturated heterocycles. The second kappa shape index (κ2) is 10.1. The summed E-state index contributed by atoms with van der Waals surface area (Å²) in [4.78, 5) is 39.8. The Morgan fingerprint density at radius 2 is 2.00 bits per heavy atom. The van der Waals surface area contributed by atoms with Gasteiger partial charge in [-0.1, -0.05) is 12.1 Å². The van der Waals surface area contributed by atoms with Crippen LogP contribution in [0.3, 0.4) is 0 Å². The lowest BCUT2D eigenvalue weighted by atomic mass is 9.91. The number of pyridine rings is 1. The fourth-order valence-corrected chi connectivity index (χ4v) is 3.82. The second-order valence-electron chi connectivity index (χ2n) is 9.54. The Hall–Kier alpha value is -3.69. The summed E-state index contributed by atoms with van der Waals surface area (Å²) in [5, 5.41) is 19.7. The molecule has 1 aromatic heterocycles. The number of urea groups is 1. The molecule has 1 aliphatic carbocycles. The van der Waals surface area contributed by atoms with Crippen LogP contribution < -0.4 is 16.0 Å². The molecule has 2 unspecified atom stereocenters. The highest BCUT2D eigenvalue weighted by Crippen LogP contribution is 2.25. The van der Waals surface area contributed by atoms with Crippen LogP contribution in [-0.4, -0.2) is 33.7 Å². The first-order chi connectivity index (χ1) is 15.9. The molecule has 0 bridgehead atoms. The lowest BCUT2D eigenvalue weighted by Crippen LogP contribution is -2.42. The molecule has 10 nitrogen and oxygen atoms in total. The summed E-state index contributed by atoms with van der Waals surface area (Å²) in [6, 6.07) is 5.78. The number of nitrogens with zero attached hydrogens (tertiary/aromatic N) is 2. The average molecular weight is 470 g/mol. The van der Waals surface area contributed by atoms with Gasteiger partial charge in [0.25, 0.3) is 5.69 Å². The Morgan fingerprint density at radius 3 is 2.68 bits per heavy atom. The van der Waals surface area contributed by atoms with Gasteiger partial charge in [0.2, 0.25) is 0 Å². The van der Waals surface area contributed by atoms with E-state index in [4.69, 9.17) is 4.74 Å². The van der Waals surface area contributed by atoms with Crippen molar-refractivity contribution in [1.29, 1.82) is 0 Å². The summed E-state index contributed by atoms with van der Waals surface area (Å²) in [5.41, 5.74) is 3.05. The van der Waals surface area contributed by atoms with Gasteiger partial charge < -0.3 is 20.7 Å². The summed E-state index contributed by atoms with van der Waals surface area (Å²) < 4.78 is 5.34. The molecule has 1 aromatic carbocycles. The number of benzene rings is 1. The molecule has 0 spiro atoms. The van der Waals surface area contributed by atoms with E-state index >= 15 is 0 Å². The zero-order valence-corrected chi connectivity index (χ0v) is 20.1. The molecule has 2 atom stereocenters. The maximum Gasteiger partial charge on any atom is 0.407 e. The van der Waals surface area contributed by atoms with Gasteiger partial charge in [-0.2, -0.15) is 0 Å². The number of rotatable bonds is 5. The number of fused-ring (bicyclic) bond motifs is 1. The normalized spacial score (nSPS) is 16.1. The van der Waals surface area contributed by atoms with E-state index in [-0.39, 0.29) is 11.7 Å². The number of nitrogens with one attached hydrogen (secondary N) is 3. The van der Waals surface area contributed by atoms with E-state index in [0.717, 1.165) is 17.7 Å². The molecule has 10 heteroatoms. The van der Waals surface area contributed by atoms with Crippen molar-refractivity contribution in [3.05, 3.63) is 63.0 Å². The third kappa shape index (κ3) is 6.66. The lowest BCUT2D eigenvalue weighted by molar-refractivity contribution is -0.385. The van der Waals surface area contributed by atoms with Gasteiger partial charge in [-0.3, -0.25) is 15.1 Å². The summed E-state index contributed by atoms with van der Waals surface area (Å²) >= 11 is 0. The van der Waals surface area contributed by atoms with Crippen molar-refractivity contribution < 1.29 is 19.2 Å². The Bertz CT molecular complexity index is 1100. The van der Waals surface area contributed by atoms with Crippen molar-refractivity contribution in [2.75, 3.05) is 5.32 Å². The van der Waals surface area contributed by atoms with Crippen LogP contribution >= 0.6 is 0 Å². The molecular formula is C24H31N5O5. The number of nitro benzene ring substituents is 1. The number of alkyl carbamates (subject to hydrolysis) is 1. The highest BCUT2D eigenvalue weighted by atomic mass is 16.6. The molecule has 1 heterocycles. The number of ether oxygens (including phenoxy) is 1. The minimum atomic E-state index is -0.566. The maximum absolute atomic E-state index is 12.5. The Morgan fingerprint density at radius 1 is 1.26 bits per heavy atom. The van der Waals surface area contributed by atoms with Crippen LogP contribution in [0.1, 0.15) is 62.5 Å². The first kappa shape index (κ1) is 24.9. The summed E-state index contributed by atoms with van der Waals surface area (Å²) in [6.45, 7) is 8.87. The van der Waals surface area contributed by atoms with E-state index in [1.165, 1.54) is 6.07 Å². The van der Waals surface area contributed by atoms with Gasteiger partial charge in [-0.25, -0.2) is 9.59 Å². The van der Waals surface area contributed by atoms with Crippen LogP contribution in [0.5, 0.6) is 0 Å². The van der Waals surface area contributed by atoms with E-state index in [0.29, 0.717) is 29.7 Å². The third-order valence-electron chi connectivity index (χ3n) is 5.51. The number of hydrogen-bond acceptors (Lipinski definition) is 6. The minimum absolute atomic E-state index is 0.0139. The van der Waals surface area contributed by atoms with Crippen LogP contribution in [0.15, 0.2) is 30.5 Å². The standard InChI is InChI=1S/C24H31N5O5/c1-14-6-7-16(12-21(14)29(32)33)15(2)26-22(30)27-19-11-17-10-18(8-9-20(17)25-13-19)28-23(31)34-24(3,4)5/h6-7,11-13,15,18H,8-10H2,1-5H3,(H,28,31)(H2,26,27,30). The summed E-state index contributed by atoms with van der Waals surface area (Å²) in [7, 11) is 0. The van der Waals surface area contributed by atoms with Gasteiger partial charge >= 0.3 is 12.1 Å². The van der Waals surface area contributed by atoms with E-state index in [2.05, 4.69) is 20.9 Å². The number of aromatic nitrogens is 1. The van der Waals surface area contributed by atoms with Crippen molar-refractivity contribution in [2.24, 2.45) is 0 Å². The Balaban J connectivity index is 1.61. The van der Waals surface area contributed by atoms with Crippen molar-refractivity contribution in [1.82, 2.24) is 15.6 Å². The molecule has 0 aliphatic heterocycles. The van der Waals surface area contributed by atoms with Gasteiger partial charge in [0.05, 0.1) is 22.8 Å². The molecule has 182 valence electrons. The third-order valence-corrected chi connectivity index (χ3v) is 5.51. The quantitative estimate of drug-likeness (QED) is 0.434. The monoisotopic (exact) mass is 469 g/mol. The molecule has 34 heavy (non-hydrogen) atoms. The number of carbonyl (C=O) groups excluding carboxylic acids is 2. The molecule has 1 aliphatic rings. The van der Waals surface area contributed by atoms with Gasteiger partial charge in [0.1, 0.15) is 5.60 Å². The number of amides is 3. The number of hydrogen-bond donors (Lipinski definition) is 3. The zero-order chi connectivity index (χ0) is 25.0. The van der Waals surface area contributed by atoms with Crippen molar-refractivity contribution in [2.45, 2.75) is 71.6 Å². The molecule has 3 N–H and O–H groups in total. The summed E-state index contributed by atoms with van der Waals surface area (Å²) in [5.74, 6) is 0. The van der Waals surface area contributed by atoms with Gasteiger partial charge in [0.15, 0.2) is 0 Å². The zero-order valence-electron chi connectivity index (χ0n) is 20.1. The predicted molar refractivity (Wildman–Crippen MR) is 128 cm³/mol. The van der Waals surface area contributed by atoms with E-state index in [9.17, 15) is 19.7 Å². The van der Waals surface area contributed by atoms with Crippen LogP contribution in [0.4, 0.5) is 21.0 Å². The van der Waals surface area contributed by atoms with E-state index < -0.39 is 28.7 Å². The largest absolute Gasteiger partial charge is 0.444 e. The molecule has 3 rings (SSSR count). The minimum Gasteiger partial charge on any atom is -0.444 e. The Kier molecular flexibility index (Phi) is 7.38. The lowest BCUT2D eigenvalue weighted by Gasteiger charge is -2.27. The van der Waals surface area contributed by atoms with Gasteiger partial charge in [-0.05, 0) is 71.1 Å². The van der Waals surface area contributed by atoms with Crippen LogP contribution in [-0.2, 0) is 17.6 Å². The van der Waals surface area contributed by atoms with Crippen molar-refractivity contribution >= 4 is 23.5 Å². The molecule has 0 saturated carbocycles. The number of carbonyl (C=O) groups is 2. The Labute approximate surface area is 198 Å². The molecule has 0 radical (unpaired) electrons. The summed E-state index contributed by atoms with van der Waals surface area (Å²) in [6.07, 6.45) is 3.20. The number of aryl methyl sites for hydroxylation is 2. The average Bonchev–Trinajstić information content (AvgIpc) is 2.72. The van der Waals surface area contributed by atoms with Crippen molar-refractivity contribution in [3.8, 4) is 0 Å². The first-order valence-corrected chi connectivity index (χ1v) is 11.2. The number of nitro groups is 1. The molecule has 0 fully saturated rings.